The summed E-state index contributed by atoms with van der Waals surface area (Å²) in [5.41, 5.74) is 5.81. The van der Waals surface area contributed by atoms with E-state index in [1.165, 1.54) is 32.4 Å². The van der Waals surface area contributed by atoms with Gasteiger partial charge in [0, 0.05) is 48.0 Å². The Morgan fingerprint density at radius 1 is 1.06 bits per heavy atom. The number of carbonyl (C=O) groups excluding carboxylic acids is 2. The summed E-state index contributed by atoms with van der Waals surface area (Å²) in [5, 5.41) is 12.0. The second-order valence-electron chi connectivity index (χ2n) is 14.0. The predicted octanol–water partition coefficient (Wildman–Crippen LogP) is 3.41. The highest BCUT2D eigenvalue weighted by Gasteiger charge is 2.57. The van der Waals surface area contributed by atoms with E-state index in [0.717, 1.165) is 58.2 Å². The minimum atomic E-state index is -1.11. The summed E-state index contributed by atoms with van der Waals surface area (Å²) in [6.45, 7) is 6.09. The maximum Gasteiger partial charge on any atom is 0.415 e. The number of carbonyl (C=O) groups is 3. The lowest BCUT2D eigenvalue weighted by Gasteiger charge is -2.39. The van der Waals surface area contributed by atoms with Crippen molar-refractivity contribution in [2.75, 3.05) is 39.3 Å². The Morgan fingerprint density at radius 3 is 2.62 bits per heavy atom. The van der Waals surface area contributed by atoms with Crippen LogP contribution in [0, 0.1) is 0 Å². The third-order valence-electron chi connectivity index (χ3n) is 11.1. The van der Waals surface area contributed by atoms with E-state index in [1.807, 2.05) is 17.0 Å². The molecule has 6 heterocycles. The maximum absolute atomic E-state index is 13.9. The third-order valence-corrected chi connectivity index (χ3v) is 11.1. The van der Waals surface area contributed by atoms with Crippen molar-refractivity contribution >= 4 is 28.9 Å². The normalized spacial score (nSPS) is 22.7. The number of carboxylic acid groups (broad SMARTS) is 1. The summed E-state index contributed by atoms with van der Waals surface area (Å²) in [5.74, 6) is -1.14. The maximum atomic E-state index is 13.9. The monoisotopic (exact) mass is 685 g/mol. The highest BCUT2D eigenvalue weighted by molar-refractivity contribution is 5.89. The van der Waals surface area contributed by atoms with E-state index in [2.05, 4.69) is 23.2 Å². The van der Waals surface area contributed by atoms with Gasteiger partial charge < -0.3 is 39.0 Å². The average molecular weight is 686 g/mol. The van der Waals surface area contributed by atoms with Crippen molar-refractivity contribution in [3.05, 3.63) is 56.9 Å². The van der Waals surface area contributed by atoms with Gasteiger partial charge in [-0.1, -0.05) is 13.3 Å². The molecule has 2 N–H and O–H groups in total. The largest absolute Gasteiger partial charge is 0.480 e. The summed E-state index contributed by atoms with van der Waals surface area (Å²) < 4.78 is 19.7. The number of aliphatic carboxylic acids is 1. The highest BCUT2D eigenvalue weighted by Crippen LogP contribution is 2.51. The van der Waals surface area contributed by atoms with E-state index in [0.29, 0.717) is 37.0 Å². The van der Waals surface area contributed by atoms with Crippen LogP contribution in [0.2, 0.25) is 0 Å². The zero-order valence-corrected chi connectivity index (χ0v) is 28.3. The van der Waals surface area contributed by atoms with Gasteiger partial charge in [-0.05, 0) is 80.6 Å². The quantitative estimate of drug-likeness (QED) is 0.268. The fraction of sp³-hybridized carbons (Fsp3) is 0.541. The third kappa shape index (κ3) is 6.05. The van der Waals surface area contributed by atoms with Crippen molar-refractivity contribution in [2.45, 2.75) is 89.2 Å². The number of rotatable bonds is 9. The number of carboxylic acids is 1. The molecule has 1 aromatic carbocycles. The van der Waals surface area contributed by atoms with Crippen LogP contribution in [0.1, 0.15) is 73.6 Å². The molecule has 264 valence electrons. The number of benzene rings is 1. The number of fused-ring (bicyclic) bond motifs is 7. The number of amides is 2. The van der Waals surface area contributed by atoms with E-state index >= 15 is 0 Å². The minimum Gasteiger partial charge on any atom is -0.480 e. The Bertz CT molecular complexity index is 1910. The van der Waals surface area contributed by atoms with Gasteiger partial charge in [-0.15, -0.1) is 0 Å². The van der Waals surface area contributed by atoms with Crippen LogP contribution in [0.3, 0.4) is 0 Å². The zero-order valence-electron chi connectivity index (χ0n) is 28.3. The number of hydrogen-bond acceptors (Lipinski definition) is 9. The van der Waals surface area contributed by atoms with E-state index in [4.69, 9.17) is 24.3 Å². The first-order valence-electron chi connectivity index (χ1n) is 18.0. The van der Waals surface area contributed by atoms with Crippen LogP contribution in [0.15, 0.2) is 29.1 Å². The SMILES string of the molecule is CCc1c2c(nc3ccc(OC(=O)N4CCC(N5CCCCC5)CC4)cc13)-c1cc3c(c(=O)n1C2)COC1C(OCCC(=O)NCC(=O)O)C31. The molecule has 3 fully saturated rings. The van der Waals surface area contributed by atoms with Gasteiger partial charge in [0.05, 0.1) is 48.9 Å². The van der Waals surface area contributed by atoms with E-state index < -0.39 is 18.4 Å². The molecule has 0 radical (unpaired) electrons. The van der Waals surface area contributed by atoms with Gasteiger partial charge >= 0.3 is 12.1 Å². The summed E-state index contributed by atoms with van der Waals surface area (Å²) in [7, 11) is 0. The second-order valence-corrected chi connectivity index (χ2v) is 14.0. The van der Waals surface area contributed by atoms with Crippen molar-refractivity contribution < 1.29 is 33.7 Å². The lowest BCUT2D eigenvalue weighted by atomic mass is 9.97. The van der Waals surface area contributed by atoms with Crippen LogP contribution in [0.4, 0.5) is 4.79 Å². The van der Waals surface area contributed by atoms with Gasteiger partial charge in [-0.2, -0.15) is 0 Å². The van der Waals surface area contributed by atoms with Crippen molar-refractivity contribution in [2.24, 2.45) is 0 Å². The topological polar surface area (TPSA) is 153 Å². The molecule has 3 aromatic rings. The van der Waals surface area contributed by atoms with Crippen LogP contribution in [0.25, 0.3) is 22.3 Å². The fourth-order valence-electron chi connectivity index (χ4n) is 8.46. The molecule has 1 saturated carbocycles. The van der Waals surface area contributed by atoms with Gasteiger partial charge in [0.1, 0.15) is 12.3 Å². The molecule has 8 rings (SSSR count). The molecule has 0 spiro atoms. The molecule has 0 bridgehead atoms. The van der Waals surface area contributed by atoms with Crippen LogP contribution in [0.5, 0.6) is 5.75 Å². The second kappa shape index (κ2) is 13.4. The minimum absolute atomic E-state index is 0.0333. The predicted molar refractivity (Wildman–Crippen MR) is 182 cm³/mol. The molecule has 3 atom stereocenters. The molecule has 5 aliphatic rings. The summed E-state index contributed by atoms with van der Waals surface area (Å²) in [6.07, 6.45) is 5.74. The number of hydrogen-bond donors (Lipinski definition) is 2. The van der Waals surface area contributed by atoms with Gasteiger partial charge in [0.15, 0.2) is 0 Å². The molecule has 50 heavy (non-hydrogen) atoms. The van der Waals surface area contributed by atoms with Crippen LogP contribution in [-0.4, -0.2) is 100 Å². The first kappa shape index (κ1) is 32.9. The molecule has 2 saturated heterocycles. The first-order chi connectivity index (χ1) is 24.3. The fourth-order valence-corrected chi connectivity index (χ4v) is 8.46. The summed E-state index contributed by atoms with van der Waals surface area (Å²) in [6, 6.07) is 8.19. The molecular weight excluding hydrogens is 642 g/mol. The molecular formula is C37H43N5O8. The number of aryl methyl sites for hydroxylation is 1. The standard InChI is InChI=1S/C37H43N5O8/c1-2-23-24-16-22(50-37(47)41-13-8-21(9-14-41)40-11-4-3-5-12-40)6-7-28(24)39-33-26(23)19-42-29(33)17-25-27(36(42)46)20-49-35-32(25)34(35)48-15-10-30(43)38-18-31(44)45/h6-7,16-17,21,32,34-35H,2-5,8-15,18-20H2,1H3,(H,38,43)(H,44,45). The molecule has 4 aliphatic heterocycles. The van der Waals surface area contributed by atoms with E-state index in [1.54, 1.807) is 10.6 Å². The van der Waals surface area contributed by atoms with Crippen molar-refractivity contribution in [3.8, 4) is 17.1 Å². The number of pyridine rings is 2. The number of ether oxygens (including phenoxy) is 3. The smallest absolute Gasteiger partial charge is 0.415 e. The molecule has 13 nitrogen and oxygen atoms in total. The molecule has 3 unspecified atom stereocenters. The Morgan fingerprint density at radius 2 is 1.86 bits per heavy atom. The number of aromatic nitrogens is 2. The lowest BCUT2D eigenvalue weighted by Crippen LogP contribution is -2.48. The lowest BCUT2D eigenvalue weighted by molar-refractivity contribution is -0.138. The number of piperidine rings is 2. The number of nitrogens with zero attached hydrogens (tertiary/aromatic N) is 4. The Kier molecular flexibility index (Phi) is 8.82. The molecule has 2 aromatic heterocycles. The molecule has 13 heteroatoms. The van der Waals surface area contributed by atoms with Crippen LogP contribution < -0.4 is 15.6 Å². The van der Waals surface area contributed by atoms with Gasteiger partial charge in [-0.3, -0.25) is 14.4 Å². The first-order valence-corrected chi connectivity index (χ1v) is 18.0. The Hall–Kier alpha value is -4.33. The highest BCUT2D eigenvalue weighted by atomic mass is 16.6. The number of likely N-dealkylation sites (tertiary alicyclic amines) is 2. The van der Waals surface area contributed by atoms with Gasteiger partial charge in [0.25, 0.3) is 5.56 Å². The van der Waals surface area contributed by atoms with Crippen molar-refractivity contribution in [1.29, 1.82) is 0 Å². The van der Waals surface area contributed by atoms with Crippen LogP contribution >= 0.6 is 0 Å². The van der Waals surface area contributed by atoms with Gasteiger partial charge in [0.2, 0.25) is 5.91 Å². The zero-order chi connectivity index (χ0) is 34.5. The number of nitrogens with one attached hydrogen (secondary N) is 1. The summed E-state index contributed by atoms with van der Waals surface area (Å²) >= 11 is 0. The van der Waals surface area contributed by atoms with E-state index in [9.17, 15) is 19.2 Å². The molecule has 1 aliphatic carbocycles. The Labute approximate surface area is 289 Å². The van der Waals surface area contributed by atoms with Crippen molar-refractivity contribution in [1.82, 2.24) is 24.7 Å². The van der Waals surface area contributed by atoms with E-state index in [-0.39, 0.29) is 49.4 Å². The van der Waals surface area contributed by atoms with Crippen LogP contribution in [-0.2, 0) is 38.6 Å². The summed E-state index contributed by atoms with van der Waals surface area (Å²) in [4.78, 5) is 59.1. The average Bonchev–Trinajstić information content (AvgIpc) is 3.72. The molecule has 2 amide bonds. The van der Waals surface area contributed by atoms with Crippen molar-refractivity contribution in [3.63, 3.8) is 0 Å². The van der Waals surface area contributed by atoms with Gasteiger partial charge in [-0.25, -0.2) is 9.78 Å². The Balaban J connectivity index is 0.981.